The molecule has 1 unspecified atom stereocenters. The molecule has 1 atom stereocenters. The van der Waals surface area contributed by atoms with Crippen LogP contribution in [0.1, 0.15) is 22.8 Å². The molecule has 2 amide bonds. The van der Waals surface area contributed by atoms with Gasteiger partial charge in [-0.15, -0.1) is 0 Å². The average Bonchev–Trinajstić information content (AvgIpc) is 2.16. The van der Waals surface area contributed by atoms with Crippen LogP contribution in [-0.2, 0) is 10.3 Å². The molecule has 1 aliphatic heterocycles. The summed E-state index contributed by atoms with van der Waals surface area (Å²) in [5, 5.41) is 2.18. The van der Waals surface area contributed by atoms with Gasteiger partial charge in [0.1, 0.15) is 5.54 Å². The van der Waals surface area contributed by atoms with E-state index in [9.17, 15) is 9.59 Å². The van der Waals surface area contributed by atoms with Gasteiger partial charge in [-0.25, -0.2) is 0 Å². The minimum Gasteiger partial charge on any atom is -0.314 e. The second-order valence-corrected chi connectivity index (χ2v) is 3.41. The highest BCUT2D eigenvalue weighted by Crippen LogP contribution is 2.24. The Bertz CT molecular complexity index is 426. The van der Waals surface area contributed by atoms with Crippen LogP contribution in [0.2, 0.25) is 0 Å². The van der Waals surface area contributed by atoms with Gasteiger partial charge in [0.25, 0.3) is 11.8 Å². The fraction of sp³-hybridized carbons (Fsp3) is 0.222. The van der Waals surface area contributed by atoms with Crippen LogP contribution in [0.4, 0.5) is 0 Å². The van der Waals surface area contributed by atoms with Crippen molar-refractivity contribution in [3.05, 3.63) is 29.6 Å². The van der Waals surface area contributed by atoms with Crippen LogP contribution >= 0.6 is 0 Å². The zero-order valence-electron chi connectivity index (χ0n) is 7.57. The number of imide groups is 1. The standard InChI is InChI=1S/C9H9N3O2/c1-9(10)6-2-3-11-4-5(6)7(13)12-8(9)14/h2-4H,10H2,1H3,(H,12,13,14). The molecule has 0 radical (unpaired) electrons. The lowest BCUT2D eigenvalue weighted by Crippen LogP contribution is -2.55. The van der Waals surface area contributed by atoms with Crippen molar-refractivity contribution in [2.75, 3.05) is 0 Å². The largest absolute Gasteiger partial charge is 0.314 e. The van der Waals surface area contributed by atoms with Gasteiger partial charge in [0.15, 0.2) is 0 Å². The lowest BCUT2D eigenvalue weighted by Gasteiger charge is -2.29. The van der Waals surface area contributed by atoms with Gasteiger partial charge in [-0.3, -0.25) is 19.9 Å². The molecule has 0 fully saturated rings. The van der Waals surface area contributed by atoms with Gasteiger partial charge in [-0.05, 0) is 18.6 Å². The number of rotatable bonds is 0. The summed E-state index contributed by atoms with van der Waals surface area (Å²) in [6.45, 7) is 1.56. The molecule has 0 aliphatic carbocycles. The maximum Gasteiger partial charge on any atom is 0.259 e. The van der Waals surface area contributed by atoms with E-state index in [1.807, 2.05) is 0 Å². The first kappa shape index (κ1) is 8.83. The maximum atomic E-state index is 11.4. The molecule has 0 aromatic carbocycles. The Kier molecular flexibility index (Phi) is 1.65. The van der Waals surface area contributed by atoms with Crippen LogP contribution in [-0.4, -0.2) is 16.8 Å². The molecule has 1 aromatic rings. The maximum absolute atomic E-state index is 11.4. The Hall–Kier alpha value is -1.75. The van der Waals surface area contributed by atoms with Gasteiger partial charge in [-0.1, -0.05) is 0 Å². The van der Waals surface area contributed by atoms with Crippen molar-refractivity contribution < 1.29 is 9.59 Å². The number of amides is 2. The van der Waals surface area contributed by atoms with Crippen molar-refractivity contribution in [1.29, 1.82) is 0 Å². The van der Waals surface area contributed by atoms with Crippen molar-refractivity contribution in [3.63, 3.8) is 0 Å². The number of carbonyl (C=O) groups is 2. The zero-order valence-corrected chi connectivity index (χ0v) is 7.57. The molecular formula is C9H9N3O2. The Morgan fingerprint density at radius 3 is 2.93 bits per heavy atom. The average molecular weight is 191 g/mol. The van der Waals surface area contributed by atoms with Crippen molar-refractivity contribution >= 4 is 11.8 Å². The second kappa shape index (κ2) is 2.62. The molecule has 0 bridgehead atoms. The highest BCUT2D eigenvalue weighted by molar-refractivity contribution is 6.12. The number of nitrogens with one attached hydrogen (secondary N) is 1. The van der Waals surface area contributed by atoms with E-state index in [4.69, 9.17) is 5.73 Å². The number of pyridine rings is 1. The normalized spacial score (nSPS) is 25.6. The van der Waals surface area contributed by atoms with E-state index in [2.05, 4.69) is 10.3 Å². The summed E-state index contributed by atoms with van der Waals surface area (Å²) in [4.78, 5) is 26.6. The first-order valence-corrected chi connectivity index (χ1v) is 4.12. The predicted molar refractivity (Wildman–Crippen MR) is 48.2 cm³/mol. The van der Waals surface area contributed by atoms with Crippen molar-refractivity contribution in [3.8, 4) is 0 Å². The van der Waals surface area contributed by atoms with E-state index in [0.29, 0.717) is 11.1 Å². The number of hydrogen-bond donors (Lipinski definition) is 2. The summed E-state index contributed by atoms with van der Waals surface area (Å²) in [6, 6.07) is 1.59. The van der Waals surface area contributed by atoms with E-state index in [0.717, 1.165) is 0 Å². The molecule has 5 nitrogen and oxygen atoms in total. The van der Waals surface area contributed by atoms with Crippen LogP contribution in [0.15, 0.2) is 18.5 Å². The Morgan fingerprint density at radius 1 is 1.50 bits per heavy atom. The molecule has 72 valence electrons. The summed E-state index contributed by atoms with van der Waals surface area (Å²) in [5.74, 6) is -0.928. The lowest BCUT2D eigenvalue weighted by atomic mass is 9.86. The lowest BCUT2D eigenvalue weighted by molar-refractivity contribution is -0.125. The van der Waals surface area contributed by atoms with E-state index < -0.39 is 17.4 Å². The molecule has 5 heteroatoms. The minimum absolute atomic E-state index is 0.358. The Morgan fingerprint density at radius 2 is 2.21 bits per heavy atom. The van der Waals surface area contributed by atoms with Gasteiger partial charge in [0.2, 0.25) is 0 Å². The molecular weight excluding hydrogens is 182 g/mol. The van der Waals surface area contributed by atoms with Crippen LogP contribution in [0, 0.1) is 0 Å². The van der Waals surface area contributed by atoms with E-state index in [1.165, 1.54) is 12.4 Å². The highest BCUT2D eigenvalue weighted by Gasteiger charge is 2.39. The quantitative estimate of drug-likeness (QED) is 0.543. The summed E-state index contributed by atoms with van der Waals surface area (Å²) in [6.07, 6.45) is 2.91. The Labute approximate surface area is 80.3 Å². The number of aromatic nitrogens is 1. The Balaban J connectivity index is 2.69. The molecule has 0 spiro atoms. The van der Waals surface area contributed by atoms with Crippen LogP contribution in [0.3, 0.4) is 0 Å². The van der Waals surface area contributed by atoms with Crippen molar-refractivity contribution in [1.82, 2.24) is 10.3 Å². The summed E-state index contributed by atoms with van der Waals surface area (Å²) < 4.78 is 0. The third-order valence-corrected chi connectivity index (χ3v) is 2.32. The fourth-order valence-corrected chi connectivity index (χ4v) is 1.45. The van der Waals surface area contributed by atoms with Gasteiger partial charge < -0.3 is 5.73 Å². The summed E-state index contributed by atoms with van der Waals surface area (Å²) in [5.41, 5.74) is 5.52. The molecule has 1 aromatic heterocycles. The second-order valence-electron chi connectivity index (χ2n) is 3.41. The van der Waals surface area contributed by atoms with Gasteiger partial charge in [0, 0.05) is 12.4 Å². The highest BCUT2D eigenvalue weighted by atomic mass is 16.2. The summed E-state index contributed by atoms with van der Waals surface area (Å²) >= 11 is 0. The molecule has 3 N–H and O–H groups in total. The molecule has 2 heterocycles. The van der Waals surface area contributed by atoms with Gasteiger partial charge in [-0.2, -0.15) is 0 Å². The minimum atomic E-state index is -1.16. The zero-order chi connectivity index (χ0) is 10.3. The fourth-order valence-electron chi connectivity index (χ4n) is 1.45. The van der Waals surface area contributed by atoms with Crippen LogP contribution in [0.5, 0.6) is 0 Å². The molecule has 14 heavy (non-hydrogen) atoms. The number of hydrogen-bond acceptors (Lipinski definition) is 4. The predicted octanol–water partition coefficient (Wildman–Crippen LogP) is -0.474. The van der Waals surface area contributed by atoms with E-state index >= 15 is 0 Å². The summed E-state index contributed by atoms with van der Waals surface area (Å²) in [7, 11) is 0. The third-order valence-electron chi connectivity index (χ3n) is 2.32. The van der Waals surface area contributed by atoms with Crippen molar-refractivity contribution in [2.45, 2.75) is 12.5 Å². The van der Waals surface area contributed by atoms with Crippen LogP contribution < -0.4 is 11.1 Å². The monoisotopic (exact) mass is 191 g/mol. The SMILES string of the molecule is CC1(N)C(=O)NC(=O)c2cnccc21. The van der Waals surface area contributed by atoms with E-state index in [1.54, 1.807) is 13.0 Å². The molecule has 0 saturated carbocycles. The number of fused-ring (bicyclic) bond motifs is 1. The number of carbonyl (C=O) groups excluding carboxylic acids is 2. The van der Waals surface area contributed by atoms with Crippen molar-refractivity contribution in [2.24, 2.45) is 5.73 Å². The third kappa shape index (κ3) is 1.03. The topological polar surface area (TPSA) is 85.1 Å². The van der Waals surface area contributed by atoms with Gasteiger partial charge >= 0.3 is 0 Å². The first-order chi connectivity index (χ1) is 6.53. The molecule has 1 aliphatic rings. The van der Waals surface area contributed by atoms with E-state index in [-0.39, 0.29) is 0 Å². The number of nitrogens with two attached hydrogens (primary N) is 1. The smallest absolute Gasteiger partial charge is 0.259 e. The van der Waals surface area contributed by atoms with Gasteiger partial charge in [0.05, 0.1) is 5.56 Å². The molecule has 2 rings (SSSR count). The first-order valence-electron chi connectivity index (χ1n) is 4.12. The molecule has 0 saturated heterocycles. The van der Waals surface area contributed by atoms with Crippen LogP contribution in [0.25, 0.3) is 0 Å². The number of nitrogens with zero attached hydrogens (tertiary/aromatic N) is 1.